The summed E-state index contributed by atoms with van der Waals surface area (Å²) in [5, 5.41) is 3.63. The molecule has 1 saturated carbocycles. The molecule has 1 N–H and O–H groups in total. The Morgan fingerprint density at radius 2 is 2.16 bits per heavy atom. The lowest BCUT2D eigenvalue weighted by Crippen LogP contribution is -2.56. The Morgan fingerprint density at radius 1 is 1.32 bits per heavy atom. The maximum absolute atomic E-state index is 5.54. The molecule has 19 heavy (non-hydrogen) atoms. The minimum Gasteiger partial charge on any atom is -0.493 e. The lowest BCUT2D eigenvalue weighted by Gasteiger charge is -2.47. The monoisotopic (exact) mass is 260 g/mol. The van der Waals surface area contributed by atoms with Gasteiger partial charge in [0, 0.05) is 25.0 Å². The fourth-order valence-corrected chi connectivity index (χ4v) is 3.16. The molecule has 3 heteroatoms. The van der Waals surface area contributed by atoms with E-state index in [9.17, 15) is 0 Å². The molecule has 3 rings (SSSR count). The highest BCUT2D eigenvalue weighted by atomic mass is 16.5. The maximum Gasteiger partial charge on any atom is 0.122 e. The van der Waals surface area contributed by atoms with Crippen molar-refractivity contribution < 1.29 is 4.74 Å². The lowest BCUT2D eigenvalue weighted by atomic mass is 9.75. The van der Waals surface area contributed by atoms with Crippen LogP contribution in [0.2, 0.25) is 0 Å². The van der Waals surface area contributed by atoms with E-state index in [1.807, 2.05) is 0 Å². The van der Waals surface area contributed by atoms with Gasteiger partial charge >= 0.3 is 0 Å². The van der Waals surface area contributed by atoms with Gasteiger partial charge in [-0.15, -0.1) is 0 Å². The summed E-state index contributed by atoms with van der Waals surface area (Å²) in [6.07, 6.45) is 5.08. The van der Waals surface area contributed by atoms with Crippen LogP contribution in [-0.2, 0) is 13.0 Å². The van der Waals surface area contributed by atoms with Crippen LogP contribution in [0.25, 0.3) is 0 Å². The van der Waals surface area contributed by atoms with Gasteiger partial charge in [-0.3, -0.25) is 0 Å². The number of hydrogen-bond donors (Lipinski definition) is 1. The molecule has 0 radical (unpaired) electrons. The maximum atomic E-state index is 5.54. The van der Waals surface area contributed by atoms with Crippen molar-refractivity contribution in [3.8, 4) is 5.75 Å². The smallest absolute Gasteiger partial charge is 0.122 e. The summed E-state index contributed by atoms with van der Waals surface area (Å²) in [6, 6.07) is 6.59. The highest BCUT2D eigenvalue weighted by Crippen LogP contribution is 2.35. The second-order valence-corrected chi connectivity index (χ2v) is 6.12. The standard InChI is InChI=1S/C16H24N2O/c1-18(2)16(7-3-8-16)12-17-11-13-4-5-15-14(10-13)6-9-19-15/h4-5,10,17H,3,6-9,11-12H2,1-2H3. The van der Waals surface area contributed by atoms with Crippen LogP contribution in [0.5, 0.6) is 5.75 Å². The molecule has 0 aromatic heterocycles. The van der Waals surface area contributed by atoms with Crippen molar-refractivity contribution in [3.63, 3.8) is 0 Å². The molecule has 0 saturated heterocycles. The van der Waals surface area contributed by atoms with E-state index in [1.54, 1.807) is 0 Å². The predicted molar refractivity (Wildman–Crippen MR) is 77.6 cm³/mol. The van der Waals surface area contributed by atoms with Crippen LogP contribution in [0.1, 0.15) is 30.4 Å². The zero-order valence-electron chi connectivity index (χ0n) is 12.0. The topological polar surface area (TPSA) is 24.5 Å². The average molecular weight is 260 g/mol. The third kappa shape index (κ3) is 2.49. The first-order chi connectivity index (χ1) is 9.20. The van der Waals surface area contributed by atoms with Gasteiger partial charge < -0.3 is 15.0 Å². The normalized spacial score (nSPS) is 19.9. The van der Waals surface area contributed by atoms with E-state index in [4.69, 9.17) is 4.74 Å². The lowest BCUT2D eigenvalue weighted by molar-refractivity contribution is 0.0598. The summed E-state index contributed by atoms with van der Waals surface area (Å²) < 4.78 is 5.54. The van der Waals surface area contributed by atoms with E-state index in [1.165, 1.54) is 30.4 Å². The molecule has 104 valence electrons. The Hall–Kier alpha value is -1.06. The third-order valence-corrected chi connectivity index (χ3v) is 4.77. The molecule has 0 atom stereocenters. The fourth-order valence-electron chi connectivity index (χ4n) is 3.16. The molecule has 1 aliphatic heterocycles. The second-order valence-electron chi connectivity index (χ2n) is 6.12. The van der Waals surface area contributed by atoms with E-state index >= 15 is 0 Å². The minimum absolute atomic E-state index is 0.403. The van der Waals surface area contributed by atoms with Gasteiger partial charge in [0.1, 0.15) is 5.75 Å². The number of hydrogen-bond acceptors (Lipinski definition) is 3. The average Bonchev–Trinajstić information content (AvgIpc) is 2.79. The van der Waals surface area contributed by atoms with Crippen molar-refractivity contribution in [1.29, 1.82) is 0 Å². The van der Waals surface area contributed by atoms with Gasteiger partial charge in [0.05, 0.1) is 6.61 Å². The number of ether oxygens (including phenoxy) is 1. The molecule has 1 aromatic carbocycles. The highest BCUT2D eigenvalue weighted by molar-refractivity contribution is 5.39. The molecule has 0 bridgehead atoms. The van der Waals surface area contributed by atoms with Crippen LogP contribution < -0.4 is 10.1 Å². The molecule has 0 unspecified atom stereocenters. The SMILES string of the molecule is CN(C)C1(CNCc2ccc3c(c2)CCO3)CCC1. The number of rotatable bonds is 5. The van der Waals surface area contributed by atoms with Crippen LogP contribution in [0.4, 0.5) is 0 Å². The Kier molecular flexibility index (Phi) is 3.50. The first kappa shape index (κ1) is 12.9. The molecule has 3 nitrogen and oxygen atoms in total. The van der Waals surface area contributed by atoms with E-state index in [0.29, 0.717) is 5.54 Å². The Balaban J connectivity index is 1.55. The Morgan fingerprint density at radius 3 is 2.84 bits per heavy atom. The summed E-state index contributed by atoms with van der Waals surface area (Å²) >= 11 is 0. The van der Waals surface area contributed by atoms with Crippen molar-refractivity contribution >= 4 is 0 Å². The summed E-state index contributed by atoms with van der Waals surface area (Å²) in [7, 11) is 4.40. The highest BCUT2D eigenvalue weighted by Gasteiger charge is 2.38. The predicted octanol–water partition coefficient (Wildman–Crippen LogP) is 2.20. The van der Waals surface area contributed by atoms with Gasteiger partial charge in [-0.25, -0.2) is 0 Å². The van der Waals surface area contributed by atoms with Gasteiger partial charge in [-0.1, -0.05) is 12.1 Å². The minimum atomic E-state index is 0.403. The van der Waals surface area contributed by atoms with Gasteiger partial charge in [-0.2, -0.15) is 0 Å². The zero-order chi connectivity index (χ0) is 13.3. The summed E-state index contributed by atoms with van der Waals surface area (Å²) in [4.78, 5) is 2.39. The van der Waals surface area contributed by atoms with Crippen molar-refractivity contribution in [2.24, 2.45) is 0 Å². The molecule has 1 heterocycles. The first-order valence-electron chi connectivity index (χ1n) is 7.32. The molecule has 0 spiro atoms. The Labute approximate surface area is 115 Å². The number of likely N-dealkylation sites (N-methyl/N-ethyl adjacent to an activating group) is 1. The quantitative estimate of drug-likeness (QED) is 0.878. The van der Waals surface area contributed by atoms with Crippen LogP contribution in [0, 0.1) is 0 Å². The van der Waals surface area contributed by atoms with E-state index in [0.717, 1.165) is 31.9 Å². The molecule has 0 amide bonds. The number of nitrogens with one attached hydrogen (secondary N) is 1. The van der Waals surface area contributed by atoms with Crippen LogP contribution in [0.3, 0.4) is 0 Å². The number of fused-ring (bicyclic) bond motifs is 1. The largest absolute Gasteiger partial charge is 0.493 e. The molecule has 1 aromatic rings. The van der Waals surface area contributed by atoms with Gasteiger partial charge in [0.2, 0.25) is 0 Å². The third-order valence-electron chi connectivity index (χ3n) is 4.77. The van der Waals surface area contributed by atoms with Crippen LogP contribution in [-0.4, -0.2) is 37.7 Å². The van der Waals surface area contributed by atoms with E-state index < -0.39 is 0 Å². The molecular weight excluding hydrogens is 236 g/mol. The molecule has 1 fully saturated rings. The van der Waals surface area contributed by atoms with Crippen molar-refractivity contribution in [3.05, 3.63) is 29.3 Å². The van der Waals surface area contributed by atoms with Gasteiger partial charge in [-0.05, 0) is 50.6 Å². The van der Waals surface area contributed by atoms with Gasteiger partial charge in [0.15, 0.2) is 0 Å². The van der Waals surface area contributed by atoms with E-state index in [-0.39, 0.29) is 0 Å². The van der Waals surface area contributed by atoms with Crippen molar-refractivity contribution in [1.82, 2.24) is 10.2 Å². The first-order valence-corrected chi connectivity index (χ1v) is 7.32. The summed E-state index contributed by atoms with van der Waals surface area (Å²) in [5.74, 6) is 1.08. The summed E-state index contributed by atoms with van der Waals surface area (Å²) in [6.45, 7) is 2.90. The number of benzene rings is 1. The Bertz CT molecular complexity index is 452. The van der Waals surface area contributed by atoms with Crippen LogP contribution in [0.15, 0.2) is 18.2 Å². The zero-order valence-corrected chi connectivity index (χ0v) is 12.0. The fraction of sp³-hybridized carbons (Fsp3) is 0.625. The van der Waals surface area contributed by atoms with Crippen molar-refractivity contribution in [2.45, 2.75) is 37.8 Å². The molecule has 1 aliphatic carbocycles. The van der Waals surface area contributed by atoms with Crippen LogP contribution >= 0.6 is 0 Å². The summed E-state index contributed by atoms with van der Waals surface area (Å²) in [5.41, 5.74) is 3.14. The van der Waals surface area contributed by atoms with Crippen molar-refractivity contribution in [2.75, 3.05) is 27.2 Å². The van der Waals surface area contributed by atoms with Gasteiger partial charge in [0.25, 0.3) is 0 Å². The number of nitrogens with zero attached hydrogens (tertiary/aromatic N) is 1. The van der Waals surface area contributed by atoms with E-state index in [2.05, 4.69) is 42.5 Å². The molecule has 2 aliphatic rings. The molecular formula is C16H24N2O. The second kappa shape index (κ2) is 5.14.